The molecule has 0 nitrogen and oxygen atoms in total. The first kappa shape index (κ1) is 11.3. The third-order valence-corrected chi connectivity index (χ3v) is 5.06. The zero-order chi connectivity index (χ0) is 11.5. The molecule has 0 radical (unpaired) electrons. The molecule has 0 spiro atoms. The van der Waals surface area contributed by atoms with Crippen molar-refractivity contribution < 1.29 is 0 Å². The van der Waals surface area contributed by atoms with E-state index in [2.05, 4.69) is 29.6 Å². The molecule has 1 heteroatoms. The van der Waals surface area contributed by atoms with Crippen molar-refractivity contribution in [3.05, 3.63) is 35.2 Å². The van der Waals surface area contributed by atoms with Crippen LogP contribution in [0.1, 0.15) is 44.1 Å². The molecule has 0 amide bonds. The van der Waals surface area contributed by atoms with Gasteiger partial charge in [-0.2, -0.15) is 0 Å². The summed E-state index contributed by atoms with van der Waals surface area (Å²) in [7, 11) is 0. The second-order valence-corrected chi connectivity index (χ2v) is 6.23. The van der Waals surface area contributed by atoms with Gasteiger partial charge in [0.2, 0.25) is 0 Å². The number of fused-ring (bicyclic) bond motifs is 1. The number of thiophene rings is 1. The average Bonchev–Trinajstić information content (AvgIpc) is 2.59. The molecule has 1 saturated carbocycles. The molecule has 0 atom stereocenters. The minimum Gasteiger partial charge on any atom is -0.144 e. The first-order valence-corrected chi connectivity index (χ1v) is 7.76. The molecule has 17 heavy (non-hydrogen) atoms. The van der Waals surface area contributed by atoms with Crippen LogP contribution in [-0.4, -0.2) is 0 Å². The molecule has 0 aliphatic heterocycles. The highest BCUT2D eigenvalue weighted by atomic mass is 32.1. The van der Waals surface area contributed by atoms with Gasteiger partial charge >= 0.3 is 0 Å². The van der Waals surface area contributed by atoms with E-state index in [9.17, 15) is 0 Å². The van der Waals surface area contributed by atoms with Crippen LogP contribution in [-0.2, 0) is 6.42 Å². The van der Waals surface area contributed by atoms with Gasteiger partial charge in [0.05, 0.1) is 0 Å². The Morgan fingerprint density at radius 1 is 1.00 bits per heavy atom. The van der Waals surface area contributed by atoms with Crippen LogP contribution in [0.25, 0.3) is 10.1 Å². The fraction of sp³-hybridized carbons (Fsp3) is 0.500. The maximum Gasteiger partial charge on any atom is 0.0345 e. The van der Waals surface area contributed by atoms with Crippen LogP contribution in [0, 0.1) is 5.92 Å². The summed E-state index contributed by atoms with van der Waals surface area (Å²) in [5.74, 6) is 0.940. The van der Waals surface area contributed by atoms with Crippen LogP contribution in [0.15, 0.2) is 29.6 Å². The lowest BCUT2D eigenvalue weighted by Gasteiger charge is -2.13. The van der Waals surface area contributed by atoms with Gasteiger partial charge in [-0.3, -0.25) is 0 Å². The van der Waals surface area contributed by atoms with E-state index in [-0.39, 0.29) is 0 Å². The maximum absolute atomic E-state index is 2.38. The molecule has 3 rings (SSSR count). The molecule has 2 aromatic rings. The van der Waals surface area contributed by atoms with Crippen LogP contribution < -0.4 is 0 Å². The van der Waals surface area contributed by atoms with E-state index < -0.39 is 0 Å². The summed E-state index contributed by atoms with van der Waals surface area (Å²) in [6.07, 6.45) is 10.0. The van der Waals surface area contributed by atoms with Gasteiger partial charge in [-0.25, -0.2) is 0 Å². The summed E-state index contributed by atoms with van der Waals surface area (Å²) in [5.41, 5.74) is 1.59. The van der Waals surface area contributed by atoms with Crippen LogP contribution in [0.3, 0.4) is 0 Å². The van der Waals surface area contributed by atoms with E-state index in [0.29, 0.717) is 0 Å². The Morgan fingerprint density at radius 2 is 1.76 bits per heavy atom. The lowest BCUT2D eigenvalue weighted by molar-refractivity contribution is 0.459. The number of hydrogen-bond donors (Lipinski definition) is 0. The van der Waals surface area contributed by atoms with E-state index >= 15 is 0 Å². The summed E-state index contributed by atoms with van der Waals surface area (Å²) in [4.78, 5) is 0. The number of benzene rings is 1. The topological polar surface area (TPSA) is 0 Å². The minimum atomic E-state index is 0.940. The Bertz CT molecular complexity index is 475. The zero-order valence-corrected chi connectivity index (χ0v) is 11.1. The molecule has 1 aliphatic carbocycles. The van der Waals surface area contributed by atoms with Gasteiger partial charge in [0.25, 0.3) is 0 Å². The Hall–Kier alpha value is -0.820. The third-order valence-electron chi connectivity index (χ3n) is 4.04. The molecule has 0 saturated heterocycles. The van der Waals surface area contributed by atoms with Gasteiger partial charge in [0.1, 0.15) is 0 Å². The number of rotatable bonds is 2. The predicted molar refractivity (Wildman–Crippen MR) is 76.7 cm³/mol. The van der Waals surface area contributed by atoms with Crippen molar-refractivity contribution in [2.75, 3.05) is 0 Å². The molecule has 1 heterocycles. The molecule has 90 valence electrons. The van der Waals surface area contributed by atoms with Crippen molar-refractivity contribution in [1.82, 2.24) is 0 Å². The monoisotopic (exact) mass is 244 g/mol. The SMILES string of the molecule is c1ccc2c(CC3CCCCCC3)csc2c1. The summed E-state index contributed by atoms with van der Waals surface area (Å²) < 4.78 is 1.45. The molecule has 1 fully saturated rings. The molecule has 0 N–H and O–H groups in total. The molecule has 1 aliphatic rings. The minimum absolute atomic E-state index is 0.940. The van der Waals surface area contributed by atoms with E-state index in [1.54, 1.807) is 5.56 Å². The Labute approximate surface area is 108 Å². The highest BCUT2D eigenvalue weighted by molar-refractivity contribution is 7.17. The lowest BCUT2D eigenvalue weighted by atomic mass is 9.92. The van der Waals surface area contributed by atoms with Crippen LogP contribution in [0.5, 0.6) is 0 Å². The summed E-state index contributed by atoms with van der Waals surface area (Å²) in [6, 6.07) is 8.86. The van der Waals surface area contributed by atoms with Crippen molar-refractivity contribution in [2.24, 2.45) is 5.92 Å². The van der Waals surface area contributed by atoms with Crippen molar-refractivity contribution >= 4 is 21.4 Å². The lowest BCUT2D eigenvalue weighted by Crippen LogP contribution is -2.02. The van der Waals surface area contributed by atoms with Crippen molar-refractivity contribution in [2.45, 2.75) is 44.9 Å². The smallest absolute Gasteiger partial charge is 0.0345 e. The third kappa shape index (κ3) is 2.55. The maximum atomic E-state index is 2.38. The van der Waals surface area contributed by atoms with E-state index in [1.165, 1.54) is 55.0 Å². The average molecular weight is 244 g/mol. The fourth-order valence-electron chi connectivity index (χ4n) is 3.07. The van der Waals surface area contributed by atoms with Crippen LogP contribution in [0.4, 0.5) is 0 Å². The second-order valence-electron chi connectivity index (χ2n) is 5.32. The highest BCUT2D eigenvalue weighted by Crippen LogP contribution is 2.31. The molecule has 1 aromatic carbocycles. The molecule has 1 aromatic heterocycles. The van der Waals surface area contributed by atoms with Crippen LogP contribution in [0.2, 0.25) is 0 Å². The predicted octanol–water partition coefficient (Wildman–Crippen LogP) is 5.41. The molecular weight excluding hydrogens is 224 g/mol. The van der Waals surface area contributed by atoms with Gasteiger partial charge < -0.3 is 0 Å². The molecular formula is C16H20S. The van der Waals surface area contributed by atoms with E-state index in [1.807, 2.05) is 11.3 Å². The zero-order valence-electron chi connectivity index (χ0n) is 10.3. The highest BCUT2D eigenvalue weighted by Gasteiger charge is 2.14. The largest absolute Gasteiger partial charge is 0.144 e. The van der Waals surface area contributed by atoms with Crippen molar-refractivity contribution in [3.8, 4) is 0 Å². The van der Waals surface area contributed by atoms with Gasteiger partial charge in [0, 0.05) is 4.70 Å². The van der Waals surface area contributed by atoms with Gasteiger partial charge in [0.15, 0.2) is 0 Å². The summed E-state index contributed by atoms with van der Waals surface area (Å²) in [5, 5.41) is 3.89. The van der Waals surface area contributed by atoms with Crippen molar-refractivity contribution in [1.29, 1.82) is 0 Å². The second kappa shape index (κ2) is 5.22. The van der Waals surface area contributed by atoms with Gasteiger partial charge in [-0.05, 0) is 34.7 Å². The van der Waals surface area contributed by atoms with E-state index in [0.717, 1.165) is 5.92 Å². The summed E-state index contributed by atoms with van der Waals surface area (Å²) >= 11 is 1.91. The molecule has 0 unspecified atom stereocenters. The summed E-state index contributed by atoms with van der Waals surface area (Å²) in [6.45, 7) is 0. The molecule has 0 bridgehead atoms. The van der Waals surface area contributed by atoms with E-state index in [4.69, 9.17) is 0 Å². The Kier molecular flexibility index (Phi) is 3.46. The standard InChI is InChI=1S/C16H20S/c1-2-4-8-13(7-3-1)11-14-12-17-16-10-6-5-9-15(14)16/h5-6,9-10,12-13H,1-4,7-8,11H2. The first-order chi connectivity index (χ1) is 8.43. The van der Waals surface area contributed by atoms with Crippen molar-refractivity contribution in [3.63, 3.8) is 0 Å². The number of hydrogen-bond acceptors (Lipinski definition) is 1. The Balaban J connectivity index is 1.79. The first-order valence-electron chi connectivity index (χ1n) is 6.88. The fourth-order valence-corrected chi connectivity index (χ4v) is 4.05. The Morgan fingerprint density at radius 3 is 2.59 bits per heavy atom. The van der Waals surface area contributed by atoms with Gasteiger partial charge in [-0.15, -0.1) is 11.3 Å². The quantitative estimate of drug-likeness (QED) is 0.619. The normalized spacial score (nSPS) is 18.4. The van der Waals surface area contributed by atoms with Gasteiger partial charge in [-0.1, -0.05) is 56.7 Å². The van der Waals surface area contributed by atoms with Crippen LogP contribution >= 0.6 is 11.3 Å².